The van der Waals surface area contributed by atoms with Crippen LogP contribution in [0, 0.1) is 0 Å². The van der Waals surface area contributed by atoms with Crippen molar-refractivity contribution in [1.29, 1.82) is 0 Å². The van der Waals surface area contributed by atoms with E-state index < -0.39 is 0 Å². The van der Waals surface area contributed by atoms with Crippen molar-refractivity contribution in [2.45, 2.75) is 0 Å². The average molecular weight is 166 g/mol. The van der Waals surface area contributed by atoms with Gasteiger partial charge < -0.3 is 1.43 Å². The van der Waals surface area contributed by atoms with Crippen LogP contribution in [-0.2, 0) is 0 Å². The van der Waals surface area contributed by atoms with Crippen LogP contribution >= 0.6 is 15.9 Å². The predicted molar refractivity (Wildman–Crippen MR) is 33.0 cm³/mol. The van der Waals surface area contributed by atoms with Gasteiger partial charge in [-0.1, -0.05) is 0 Å². The van der Waals surface area contributed by atoms with Gasteiger partial charge in [-0.05, 0) is 28.1 Å². The molecule has 3 heteroatoms. The zero-order chi connectivity index (χ0) is 5.11. The molecule has 1 rings (SSSR count). The summed E-state index contributed by atoms with van der Waals surface area (Å²) >= 11 is 3.25. The summed E-state index contributed by atoms with van der Waals surface area (Å²) in [6, 6.07) is 3.82. The fraction of sp³-hybridized carbons (Fsp3) is 0. The quantitative estimate of drug-likeness (QED) is 0.448. The minimum absolute atomic E-state index is 0. The Bertz CT molecular complexity index is 147. The van der Waals surface area contributed by atoms with Crippen LogP contribution in [0.3, 0.4) is 0 Å². The molecule has 0 saturated carbocycles. The number of pyridine rings is 1. The molecule has 38 valence electrons. The topological polar surface area (TPSA) is 12.9 Å². The summed E-state index contributed by atoms with van der Waals surface area (Å²) in [4.78, 5) is 3.84. The van der Waals surface area contributed by atoms with Gasteiger partial charge in [0.2, 0.25) is 0 Å². The molecule has 1 heterocycles. The van der Waals surface area contributed by atoms with Gasteiger partial charge >= 0.3 is 18.9 Å². The molecule has 1 nitrogen and oxygen atoms in total. The maximum atomic E-state index is 3.84. The van der Waals surface area contributed by atoms with E-state index in [4.69, 9.17) is 0 Å². The fourth-order valence-corrected chi connectivity index (χ4v) is 0.613. The summed E-state index contributed by atoms with van der Waals surface area (Å²) in [5.41, 5.74) is 0. The first-order chi connectivity index (χ1) is 3.39. The van der Waals surface area contributed by atoms with Gasteiger partial charge in [0.1, 0.15) is 0 Å². The Balaban J connectivity index is 0. The second-order valence-corrected chi connectivity index (χ2v) is 2.09. The Morgan fingerprint density at radius 3 is 2.62 bits per heavy atom. The van der Waals surface area contributed by atoms with Crippen molar-refractivity contribution >= 4 is 15.9 Å². The third kappa shape index (κ3) is 2.51. The number of hydrogen-bond donors (Lipinski definition) is 0. The van der Waals surface area contributed by atoms with E-state index in [1.165, 1.54) is 0 Å². The van der Waals surface area contributed by atoms with Crippen LogP contribution < -0.4 is 18.9 Å². The van der Waals surface area contributed by atoms with Crippen LogP contribution in [-0.4, -0.2) is 4.98 Å². The van der Waals surface area contributed by atoms with Crippen LogP contribution in [0.25, 0.3) is 0 Å². The minimum Gasteiger partial charge on any atom is -1.00 e. The summed E-state index contributed by atoms with van der Waals surface area (Å²) in [6.07, 6.45) is 3.49. The molecule has 0 radical (unpaired) electrons. The Morgan fingerprint density at radius 2 is 2.38 bits per heavy atom. The zero-order valence-electron chi connectivity index (χ0n) is 5.63. The summed E-state index contributed by atoms with van der Waals surface area (Å²) in [5.74, 6) is 0. The van der Waals surface area contributed by atoms with Crippen molar-refractivity contribution in [2.24, 2.45) is 0 Å². The van der Waals surface area contributed by atoms with E-state index in [9.17, 15) is 0 Å². The first-order valence-corrected chi connectivity index (χ1v) is 2.74. The van der Waals surface area contributed by atoms with Crippen molar-refractivity contribution < 1.29 is 20.3 Å². The standard InChI is InChI=1S/C5H4BrN.Li.H/c6-5-2-1-3-7-4-5;;/h1-4H;;/q;+1;-1. The van der Waals surface area contributed by atoms with Gasteiger partial charge in [-0.2, -0.15) is 0 Å². The number of aromatic nitrogens is 1. The molecule has 0 aliphatic heterocycles. The van der Waals surface area contributed by atoms with Crippen molar-refractivity contribution in [1.82, 2.24) is 4.98 Å². The third-order valence-electron chi connectivity index (χ3n) is 0.625. The van der Waals surface area contributed by atoms with E-state index in [-0.39, 0.29) is 20.3 Å². The van der Waals surface area contributed by atoms with Crippen LogP contribution in [0.2, 0.25) is 0 Å². The Hall–Kier alpha value is 0.227. The largest absolute Gasteiger partial charge is 1.00 e. The Kier molecular flexibility index (Phi) is 4.26. The van der Waals surface area contributed by atoms with Crippen molar-refractivity contribution in [3.63, 3.8) is 0 Å². The molecule has 0 aliphatic rings. The molecule has 0 saturated heterocycles. The van der Waals surface area contributed by atoms with E-state index in [0.29, 0.717) is 0 Å². The molecular weight excluding hydrogens is 161 g/mol. The maximum Gasteiger partial charge on any atom is 1.00 e. The third-order valence-corrected chi connectivity index (χ3v) is 1.09. The molecule has 0 unspecified atom stereocenters. The zero-order valence-corrected chi connectivity index (χ0v) is 6.22. The second kappa shape index (κ2) is 4.14. The molecular formula is C5H5BrLiN. The molecule has 0 aliphatic carbocycles. The summed E-state index contributed by atoms with van der Waals surface area (Å²) < 4.78 is 1.02. The molecule has 0 atom stereocenters. The number of halogens is 1. The van der Waals surface area contributed by atoms with Crippen molar-refractivity contribution in [3.05, 3.63) is 29.0 Å². The van der Waals surface area contributed by atoms with Gasteiger partial charge in [0, 0.05) is 16.9 Å². The SMILES string of the molecule is Brc1cccnc1.[H-].[Li+]. The Morgan fingerprint density at radius 1 is 1.62 bits per heavy atom. The molecule has 0 amide bonds. The number of hydrogen-bond acceptors (Lipinski definition) is 1. The second-order valence-electron chi connectivity index (χ2n) is 1.17. The molecule has 1 aromatic heterocycles. The van der Waals surface area contributed by atoms with Crippen LogP contribution in [0.5, 0.6) is 0 Å². The first kappa shape index (κ1) is 8.23. The predicted octanol–water partition coefficient (Wildman–Crippen LogP) is -1.04. The Labute approximate surface area is 70.3 Å². The van der Waals surface area contributed by atoms with Crippen molar-refractivity contribution in [2.75, 3.05) is 0 Å². The van der Waals surface area contributed by atoms with Gasteiger partial charge in [0.05, 0.1) is 0 Å². The van der Waals surface area contributed by atoms with Crippen LogP contribution in [0.4, 0.5) is 0 Å². The minimum atomic E-state index is 0. The van der Waals surface area contributed by atoms with Gasteiger partial charge in [0.15, 0.2) is 0 Å². The van der Waals surface area contributed by atoms with Gasteiger partial charge in [0.25, 0.3) is 0 Å². The van der Waals surface area contributed by atoms with E-state index in [1.54, 1.807) is 12.4 Å². The number of rotatable bonds is 0. The molecule has 0 spiro atoms. The summed E-state index contributed by atoms with van der Waals surface area (Å²) in [7, 11) is 0. The van der Waals surface area contributed by atoms with Crippen LogP contribution in [0.1, 0.15) is 1.43 Å². The first-order valence-electron chi connectivity index (χ1n) is 1.95. The molecule has 0 aromatic carbocycles. The van der Waals surface area contributed by atoms with Crippen molar-refractivity contribution in [3.8, 4) is 0 Å². The van der Waals surface area contributed by atoms with E-state index in [1.807, 2.05) is 12.1 Å². The van der Waals surface area contributed by atoms with Gasteiger partial charge in [-0.3, -0.25) is 4.98 Å². The maximum absolute atomic E-state index is 3.84. The van der Waals surface area contributed by atoms with Gasteiger partial charge in [-0.25, -0.2) is 0 Å². The van der Waals surface area contributed by atoms with Crippen LogP contribution in [0.15, 0.2) is 29.0 Å². The van der Waals surface area contributed by atoms with E-state index >= 15 is 0 Å². The fourth-order valence-electron chi connectivity index (χ4n) is 0.342. The molecule has 0 N–H and O–H groups in total. The molecule has 8 heavy (non-hydrogen) atoms. The summed E-state index contributed by atoms with van der Waals surface area (Å²) in [6.45, 7) is 0. The monoisotopic (exact) mass is 165 g/mol. The molecule has 0 fully saturated rings. The van der Waals surface area contributed by atoms with E-state index in [0.717, 1.165) is 4.47 Å². The molecule has 1 aromatic rings. The van der Waals surface area contributed by atoms with Gasteiger partial charge in [-0.15, -0.1) is 0 Å². The smallest absolute Gasteiger partial charge is 1.00 e. The number of nitrogens with zero attached hydrogens (tertiary/aromatic N) is 1. The van der Waals surface area contributed by atoms with E-state index in [2.05, 4.69) is 20.9 Å². The molecule has 0 bridgehead atoms. The summed E-state index contributed by atoms with van der Waals surface area (Å²) in [5, 5.41) is 0. The normalized spacial score (nSPS) is 7.62. The average Bonchev–Trinajstić information content (AvgIpc) is 1.69.